The second-order valence-corrected chi connectivity index (χ2v) is 8.88. The minimum atomic E-state index is -1.99. The van der Waals surface area contributed by atoms with Crippen LogP contribution >= 0.6 is 0 Å². The average molecular weight is 270 g/mol. The normalized spacial score (nSPS) is 13.3. The zero-order chi connectivity index (χ0) is 14.0. The second kappa shape index (κ2) is 9.60. The molecule has 0 fully saturated rings. The van der Waals surface area contributed by atoms with E-state index < -0.39 is 8.56 Å². The molecule has 18 heavy (non-hydrogen) atoms. The molecule has 1 unspecified atom stereocenters. The van der Waals surface area contributed by atoms with Crippen molar-refractivity contribution in [3.63, 3.8) is 0 Å². The van der Waals surface area contributed by atoms with Crippen LogP contribution in [0.4, 0.5) is 0 Å². The predicted octanol–water partition coefficient (Wildman–Crippen LogP) is 4.35. The van der Waals surface area contributed by atoms with E-state index in [4.69, 9.17) is 8.85 Å². The van der Waals surface area contributed by atoms with Gasteiger partial charge in [-0.1, -0.05) is 27.7 Å². The summed E-state index contributed by atoms with van der Waals surface area (Å²) in [6, 6.07) is 0. The maximum atomic E-state index is 6.13. The summed E-state index contributed by atoms with van der Waals surface area (Å²) in [5, 5.41) is 0. The van der Waals surface area contributed by atoms with E-state index in [-0.39, 0.29) is 6.10 Å². The van der Waals surface area contributed by atoms with Crippen molar-refractivity contribution in [1.29, 1.82) is 0 Å². The molecule has 0 aliphatic rings. The SMILES string of the molecule is CCCC#CCC(CC)O[Si](C)(C)OCC(C)C. The Morgan fingerprint density at radius 2 is 1.78 bits per heavy atom. The van der Waals surface area contributed by atoms with Crippen molar-refractivity contribution in [2.75, 3.05) is 6.61 Å². The first-order valence-corrected chi connectivity index (χ1v) is 10.00. The molecule has 0 radical (unpaired) electrons. The Kier molecular flexibility index (Phi) is 9.44. The molecule has 106 valence electrons. The third kappa shape index (κ3) is 9.70. The molecule has 0 rings (SSSR count). The quantitative estimate of drug-likeness (QED) is 0.482. The van der Waals surface area contributed by atoms with E-state index in [1.807, 2.05) is 0 Å². The van der Waals surface area contributed by atoms with E-state index in [1.54, 1.807) is 0 Å². The lowest BCUT2D eigenvalue weighted by Gasteiger charge is -2.28. The molecule has 1 atom stereocenters. The van der Waals surface area contributed by atoms with Gasteiger partial charge in [-0.2, -0.15) is 0 Å². The van der Waals surface area contributed by atoms with Crippen LogP contribution in [0.25, 0.3) is 0 Å². The summed E-state index contributed by atoms with van der Waals surface area (Å²) < 4.78 is 12.1. The number of hydrogen-bond donors (Lipinski definition) is 0. The zero-order valence-electron chi connectivity index (χ0n) is 13.0. The van der Waals surface area contributed by atoms with E-state index >= 15 is 0 Å². The van der Waals surface area contributed by atoms with Crippen LogP contribution in [0.15, 0.2) is 0 Å². The van der Waals surface area contributed by atoms with Gasteiger partial charge in [0.1, 0.15) is 0 Å². The predicted molar refractivity (Wildman–Crippen MR) is 80.7 cm³/mol. The summed E-state index contributed by atoms with van der Waals surface area (Å²) in [4.78, 5) is 0. The molecule has 0 aliphatic heterocycles. The molecule has 0 amide bonds. The number of hydrogen-bond acceptors (Lipinski definition) is 2. The first kappa shape index (κ1) is 17.7. The summed E-state index contributed by atoms with van der Waals surface area (Å²) >= 11 is 0. The Morgan fingerprint density at radius 1 is 1.11 bits per heavy atom. The van der Waals surface area contributed by atoms with Gasteiger partial charge in [-0.15, -0.1) is 11.8 Å². The number of unbranched alkanes of at least 4 members (excludes halogenated alkanes) is 1. The van der Waals surface area contributed by atoms with Gasteiger partial charge in [0.25, 0.3) is 0 Å². The number of rotatable bonds is 8. The molecule has 0 aliphatic carbocycles. The van der Waals surface area contributed by atoms with Crippen molar-refractivity contribution in [2.24, 2.45) is 5.92 Å². The van der Waals surface area contributed by atoms with Crippen LogP contribution in [0, 0.1) is 17.8 Å². The average Bonchev–Trinajstić information content (AvgIpc) is 2.30. The molecule has 0 heterocycles. The third-order valence-electron chi connectivity index (χ3n) is 2.50. The molecular formula is C15H30O2Si. The van der Waals surface area contributed by atoms with Gasteiger partial charge in [0, 0.05) is 19.4 Å². The Morgan fingerprint density at radius 3 is 2.28 bits per heavy atom. The molecule has 0 aromatic heterocycles. The highest BCUT2D eigenvalue weighted by atomic mass is 28.4. The Bertz CT molecular complexity index is 263. The van der Waals surface area contributed by atoms with Gasteiger partial charge in [0.05, 0.1) is 6.10 Å². The van der Waals surface area contributed by atoms with Crippen molar-refractivity contribution >= 4 is 8.56 Å². The van der Waals surface area contributed by atoms with E-state index in [2.05, 4.69) is 52.6 Å². The van der Waals surface area contributed by atoms with Gasteiger partial charge in [0.2, 0.25) is 0 Å². The lowest BCUT2D eigenvalue weighted by Crippen LogP contribution is -2.39. The van der Waals surface area contributed by atoms with Gasteiger partial charge in [-0.05, 0) is 31.9 Å². The second-order valence-electron chi connectivity index (χ2n) is 5.56. The summed E-state index contributed by atoms with van der Waals surface area (Å²) in [6.07, 6.45) is 4.17. The Balaban J connectivity index is 4.13. The summed E-state index contributed by atoms with van der Waals surface area (Å²) in [5.41, 5.74) is 0. The molecule has 0 saturated carbocycles. The van der Waals surface area contributed by atoms with E-state index in [1.165, 1.54) is 0 Å². The van der Waals surface area contributed by atoms with Crippen LogP contribution in [0.2, 0.25) is 13.1 Å². The van der Waals surface area contributed by atoms with Crippen LogP contribution < -0.4 is 0 Å². The van der Waals surface area contributed by atoms with Gasteiger partial charge >= 0.3 is 8.56 Å². The molecule has 0 N–H and O–H groups in total. The van der Waals surface area contributed by atoms with E-state index in [9.17, 15) is 0 Å². The van der Waals surface area contributed by atoms with Crippen LogP contribution in [0.3, 0.4) is 0 Å². The van der Waals surface area contributed by atoms with Crippen LogP contribution in [0.1, 0.15) is 53.4 Å². The molecule has 0 aromatic rings. The molecule has 0 aromatic carbocycles. The van der Waals surface area contributed by atoms with Crippen LogP contribution in [-0.2, 0) is 8.85 Å². The molecule has 2 nitrogen and oxygen atoms in total. The zero-order valence-corrected chi connectivity index (χ0v) is 14.0. The van der Waals surface area contributed by atoms with E-state index in [0.717, 1.165) is 32.3 Å². The summed E-state index contributed by atoms with van der Waals surface area (Å²) in [6.45, 7) is 13.7. The molecule has 0 bridgehead atoms. The lowest BCUT2D eigenvalue weighted by molar-refractivity contribution is 0.111. The lowest BCUT2D eigenvalue weighted by atomic mass is 10.2. The fraction of sp³-hybridized carbons (Fsp3) is 0.867. The maximum Gasteiger partial charge on any atom is 0.331 e. The van der Waals surface area contributed by atoms with Gasteiger partial charge in [-0.3, -0.25) is 0 Å². The molecule has 0 spiro atoms. The van der Waals surface area contributed by atoms with Crippen LogP contribution in [0.5, 0.6) is 0 Å². The van der Waals surface area contributed by atoms with E-state index in [0.29, 0.717) is 5.92 Å². The first-order valence-electron chi connectivity index (χ1n) is 7.18. The van der Waals surface area contributed by atoms with Crippen molar-refractivity contribution in [3.8, 4) is 11.8 Å². The first-order chi connectivity index (χ1) is 8.41. The highest BCUT2D eigenvalue weighted by Crippen LogP contribution is 2.15. The standard InChI is InChI=1S/C15H30O2Si/c1-7-9-10-11-12-15(8-2)17-18(5,6)16-13-14(3)4/h14-15H,7-9,12-13H2,1-6H3. The topological polar surface area (TPSA) is 18.5 Å². The molecule has 0 saturated heterocycles. The minimum Gasteiger partial charge on any atom is -0.394 e. The van der Waals surface area contributed by atoms with Crippen molar-refractivity contribution < 1.29 is 8.85 Å². The van der Waals surface area contributed by atoms with Crippen molar-refractivity contribution in [1.82, 2.24) is 0 Å². The fourth-order valence-electron chi connectivity index (χ4n) is 1.47. The highest BCUT2D eigenvalue weighted by molar-refractivity contribution is 6.64. The minimum absolute atomic E-state index is 0.225. The Labute approximate surface area is 115 Å². The highest BCUT2D eigenvalue weighted by Gasteiger charge is 2.28. The monoisotopic (exact) mass is 270 g/mol. The fourth-order valence-corrected chi connectivity index (χ4v) is 3.33. The molecular weight excluding hydrogens is 240 g/mol. The largest absolute Gasteiger partial charge is 0.394 e. The van der Waals surface area contributed by atoms with Crippen molar-refractivity contribution in [3.05, 3.63) is 0 Å². The smallest absolute Gasteiger partial charge is 0.331 e. The maximum absolute atomic E-state index is 6.13. The van der Waals surface area contributed by atoms with Gasteiger partial charge in [-0.25, -0.2) is 0 Å². The Hall–Kier alpha value is -0.303. The van der Waals surface area contributed by atoms with Crippen LogP contribution in [-0.4, -0.2) is 21.3 Å². The van der Waals surface area contributed by atoms with Gasteiger partial charge < -0.3 is 8.85 Å². The summed E-state index contributed by atoms with van der Waals surface area (Å²) in [7, 11) is -1.99. The van der Waals surface area contributed by atoms with Crippen molar-refractivity contribution in [2.45, 2.75) is 72.6 Å². The third-order valence-corrected chi connectivity index (χ3v) is 4.26. The summed E-state index contributed by atoms with van der Waals surface area (Å²) in [5.74, 6) is 6.96. The molecule has 3 heteroatoms. The van der Waals surface area contributed by atoms with Gasteiger partial charge in [0.15, 0.2) is 0 Å².